The largest absolute Gasteiger partial charge is 0.441 e. The number of hydrogen-bond donors (Lipinski definition) is 2. The molecule has 0 saturated carbocycles. The number of carbonyl (C=O) groups excluding carboxylic acids is 1. The molecule has 2 N–H and O–H groups in total. The van der Waals surface area contributed by atoms with E-state index in [2.05, 4.69) is 15.6 Å². The van der Waals surface area contributed by atoms with Crippen molar-refractivity contribution in [1.82, 2.24) is 10.3 Å². The van der Waals surface area contributed by atoms with Crippen LogP contribution < -0.4 is 10.6 Å². The molecular weight excluding hydrogens is 301 g/mol. The summed E-state index contributed by atoms with van der Waals surface area (Å²) in [5, 5.41) is 6.11. The minimum atomic E-state index is 0. The van der Waals surface area contributed by atoms with E-state index in [-0.39, 0.29) is 36.6 Å². The number of aryl methyl sites for hydroxylation is 1. The van der Waals surface area contributed by atoms with Gasteiger partial charge < -0.3 is 15.1 Å². The second kappa shape index (κ2) is 6.92. The van der Waals surface area contributed by atoms with E-state index >= 15 is 0 Å². The summed E-state index contributed by atoms with van der Waals surface area (Å²) in [6.07, 6.45) is 0.900. The molecule has 5 nitrogen and oxygen atoms in total. The van der Waals surface area contributed by atoms with Crippen LogP contribution in [0.5, 0.6) is 0 Å². The zero-order valence-electron chi connectivity index (χ0n) is 11.0. The zero-order valence-corrected chi connectivity index (χ0v) is 12.6. The Hall–Kier alpha value is -1.30. The normalized spacial score (nSPS) is 17.4. The number of aromatic nitrogens is 1. The summed E-state index contributed by atoms with van der Waals surface area (Å²) in [5.74, 6) is 0.771. The summed E-state index contributed by atoms with van der Waals surface area (Å²) in [6.45, 7) is 3.49. The van der Waals surface area contributed by atoms with Crippen LogP contribution in [0.2, 0.25) is 0 Å². The van der Waals surface area contributed by atoms with Crippen LogP contribution in [0.4, 0.5) is 5.69 Å². The predicted octanol–water partition coefficient (Wildman–Crippen LogP) is 2.53. The van der Waals surface area contributed by atoms with Crippen molar-refractivity contribution in [2.24, 2.45) is 5.92 Å². The third kappa shape index (κ3) is 3.42. The number of halogens is 2. The summed E-state index contributed by atoms with van der Waals surface area (Å²) in [4.78, 5) is 16.2. The van der Waals surface area contributed by atoms with E-state index in [4.69, 9.17) is 4.42 Å². The van der Waals surface area contributed by atoms with Crippen molar-refractivity contribution in [3.63, 3.8) is 0 Å². The van der Waals surface area contributed by atoms with Gasteiger partial charge in [0.15, 0.2) is 11.5 Å². The molecule has 20 heavy (non-hydrogen) atoms. The van der Waals surface area contributed by atoms with Crippen molar-refractivity contribution < 1.29 is 9.21 Å². The average Bonchev–Trinajstić information content (AvgIpc) is 2.95. The SMILES string of the molecule is Cc1nc2cc(NC(=O)C3CCNC3)ccc2o1.Cl.Cl. The Balaban J connectivity index is 0.000001000. The highest BCUT2D eigenvalue weighted by Crippen LogP contribution is 2.20. The maximum absolute atomic E-state index is 12.0. The molecule has 1 aromatic carbocycles. The second-order valence-corrected chi connectivity index (χ2v) is 4.59. The van der Waals surface area contributed by atoms with Gasteiger partial charge in [0, 0.05) is 19.2 Å². The number of amides is 1. The molecule has 1 atom stereocenters. The van der Waals surface area contributed by atoms with Gasteiger partial charge in [-0.2, -0.15) is 0 Å². The third-order valence-corrected chi connectivity index (χ3v) is 3.19. The van der Waals surface area contributed by atoms with Crippen molar-refractivity contribution in [3.05, 3.63) is 24.1 Å². The molecule has 1 aliphatic heterocycles. The Bertz CT molecular complexity index is 594. The number of carbonyl (C=O) groups is 1. The standard InChI is InChI=1S/C13H15N3O2.2ClH/c1-8-15-11-6-10(2-3-12(11)18-8)16-13(17)9-4-5-14-7-9;;/h2-3,6,9,14H,4-5,7H2,1H3,(H,16,17);2*1H. The van der Waals surface area contributed by atoms with Gasteiger partial charge in [0.2, 0.25) is 5.91 Å². The first kappa shape index (κ1) is 16.8. The molecule has 0 aliphatic carbocycles. The molecule has 1 aliphatic rings. The maximum atomic E-state index is 12.0. The van der Waals surface area contributed by atoms with E-state index in [0.29, 0.717) is 5.89 Å². The molecule has 1 amide bonds. The number of fused-ring (bicyclic) bond motifs is 1. The Morgan fingerprint density at radius 3 is 2.95 bits per heavy atom. The van der Waals surface area contributed by atoms with E-state index < -0.39 is 0 Å². The van der Waals surface area contributed by atoms with Gasteiger partial charge in [0.25, 0.3) is 0 Å². The summed E-state index contributed by atoms with van der Waals surface area (Å²) < 4.78 is 5.39. The molecule has 3 rings (SSSR count). The van der Waals surface area contributed by atoms with Gasteiger partial charge in [-0.15, -0.1) is 24.8 Å². The Morgan fingerprint density at radius 2 is 2.25 bits per heavy atom. The van der Waals surface area contributed by atoms with Crippen LogP contribution in [-0.4, -0.2) is 24.0 Å². The molecule has 0 radical (unpaired) electrons. The van der Waals surface area contributed by atoms with E-state index in [9.17, 15) is 4.79 Å². The lowest BCUT2D eigenvalue weighted by Gasteiger charge is -2.09. The topological polar surface area (TPSA) is 67.2 Å². The van der Waals surface area contributed by atoms with Crippen molar-refractivity contribution in [2.75, 3.05) is 18.4 Å². The van der Waals surface area contributed by atoms with Gasteiger partial charge in [0.1, 0.15) is 5.52 Å². The van der Waals surface area contributed by atoms with Crippen molar-refractivity contribution in [1.29, 1.82) is 0 Å². The molecule has 0 spiro atoms. The minimum Gasteiger partial charge on any atom is -0.441 e. The summed E-state index contributed by atoms with van der Waals surface area (Å²) in [7, 11) is 0. The molecule has 7 heteroatoms. The summed E-state index contributed by atoms with van der Waals surface area (Å²) >= 11 is 0. The number of benzene rings is 1. The third-order valence-electron chi connectivity index (χ3n) is 3.19. The zero-order chi connectivity index (χ0) is 12.5. The van der Waals surface area contributed by atoms with Crippen molar-refractivity contribution in [3.8, 4) is 0 Å². The van der Waals surface area contributed by atoms with E-state index in [1.807, 2.05) is 25.1 Å². The lowest BCUT2D eigenvalue weighted by molar-refractivity contribution is -0.119. The molecule has 2 heterocycles. The highest BCUT2D eigenvalue weighted by molar-refractivity contribution is 5.94. The van der Waals surface area contributed by atoms with Crippen LogP contribution in [0, 0.1) is 12.8 Å². The van der Waals surface area contributed by atoms with Gasteiger partial charge >= 0.3 is 0 Å². The molecule has 1 fully saturated rings. The lowest BCUT2D eigenvalue weighted by atomic mass is 10.1. The quantitative estimate of drug-likeness (QED) is 0.893. The van der Waals surface area contributed by atoms with Crippen LogP contribution in [0.3, 0.4) is 0 Å². The fraction of sp³-hybridized carbons (Fsp3) is 0.385. The van der Waals surface area contributed by atoms with E-state index in [0.717, 1.165) is 36.3 Å². The molecule has 110 valence electrons. The lowest BCUT2D eigenvalue weighted by Crippen LogP contribution is -2.24. The van der Waals surface area contributed by atoms with Crippen LogP contribution in [0.15, 0.2) is 22.6 Å². The van der Waals surface area contributed by atoms with Crippen LogP contribution in [0.1, 0.15) is 12.3 Å². The Labute approximate surface area is 129 Å². The number of hydrogen-bond acceptors (Lipinski definition) is 4. The number of nitrogens with zero attached hydrogens (tertiary/aromatic N) is 1. The molecule has 1 aromatic heterocycles. The average molecular weight is 318 g/mol. The van der Waals surface area contributed by atoms with Crippen LogP contribution in [0.25, 0.3) is 11.1 Å². The van der Waals surface area contributed by atoms with Crippen molar-refractivity contribution in [2.45, 2.75) is 13.3 Å². The molecule has 1 saturated heterocycles. The number of oxazole rings is 1. The van der Waals surface area contributed by atoms with Gasteiger partial charge in [0.05, 0.1) is 5.92 Å². The monoisotopic (exact) mass is 317 g/mol. The fourth-order valence-electron chi connectivity index (χ4n) is 2.24. The van der Waals surface area contributed by atoms with Crippen LogP contribution >= 0.6 is 24.8 Å². The summed E-state index contributed by atoms with van der Waals surface area (Å²) in [6, 6.07) is 5.51. The molecular formula is C13H17Cl2N3O2. The van der Waals surface area contributed by atoms with Crippen LogP contribution in [-0.2, 0) is 4.79 Å². The molecule has 2 aromatic rings. The Morgan fingerprint density at radius 1 is 1.45 bits per heavy atom. The Kier molecular flexibility index (Phi) is 5.80. The van der Waals surface area contributed by atoms with E-state index in [1.165, 1.54) is 0 Å². The second-order valence-electron chi connectivity index (χ2n) is 4.59. The van der Waals surface area contributed by atoms with E-state index in [1.54, 1.807) is 0 Å². The summed E-state index contributed by atoms with van der Waals surface area (Å²) in [5.41, 5.74) is 2.29. The van der Waals surface area contributed by atoms with Crippen molar-refractivity contribution >= 4 is 47.5 Å². The smallest absolute Gasteiger partial charge is 0.228 e. The fourth-order valence-corrected chi connectivity index (χ4v) is 2.24. The minimum absolute atomic E-state index is 0. The highest BCUT2D eigenvalue weighted by Gasteiger charge is 2.22. The number of rotatable bonds is 2. The first-order valence-electron chi connectivity index (χ1n) is 6.11. The van der Waals surface area contributed by atoms with Gasteiger partial charge in [-0.3, -0.25) is 4.79 Å². The molecule has 0 bridgehead atoms. The van der Waals surface area contributed by atoms with Gasteiger partial charge in [-0.25, -0.2) is 4.98 Å². The number of anilines is 1. The first-order valence-corrected chi connectivity index (χ1v) is 6.11. The predicted molar refractivity (Wildman–Crippen MR) is 82.8 cm³/mol. The van der Waals surface area contributed by atoms with Gasteiger partial charge in [-0.1, -0.05) is 0 Å². The molecule has 1 unspecified atom stereocenters. The number of nitrogens with one attached hydrogen (secondary N) is 2. The maximum Gasteiger partial charge on any atom is 0.228 e. The first-order chi connectivity index (χ1) is 8.72. The highest BCUT2D eigenvalue weighted by atomic mass is 35.5. The van der Waals surface area contributed by atoms with Gasteiger partial charge in [-0.05, 0) is 31.2 Å².